The van der Waals surface area contributed by atoms with Gasteiger partial charge in [0.1, 0.15) is 15.5 Å². The fraction of sp³-hybridized carbons (Fsp3) is 0.214. The van der Waals surface area contributed by atoms with Crippen molar-refractivity contribution in [3.05, 3.63) is 40.8 Å². The minimum absolute atomic E-state index is 0.294. The number of aromatic amines is 1. The van der Waals surface area contributed by atoms with Gasteiger partial charge >= 0.3 is 0 Å². The van der Waals surface area contributed by atoms with E-state index in [2.05, 4.69) is 49.7 Å². The minimum Gasteiger partial charge on any atom is -0.333 e. The van der Waals surface area contributed by atoms with Gasteiger partial charge in [-0.15, -0.1) is 0 Å². The van der Waals surface area contributed by atoms with E-state index >= 15 is 0 Å². The molecule has 3 rings (SSSR count). The van der Waals surface area contributed by atoms with Crippen molar-refractivity contribution in [3.63, 3.8) is 0 Å². The third-order valence-electron chi connectivity index (χ3n) is 2.77. The Labute approximate surface area is 129 Å². The highest BCUT2D eigenvalue weighted by Crippen LogP contribution is 2.28. The molecule has 4 nitrogen and oxygen atoms in total. The summed E-state index contributed by atoms with van der Waals surface area (Å²) in [5.74, 6) is 1.13. The van der Waals surface area contributed by atoms with Crippen molar-refractivity contribution in [3.8, 4) is 0 Å². The molecule has 20 heavy (non-hydrogen) atoms. The molecule has 1 N–H and O–H groups in total. The van der Waals surface area contributed by atoms with Gasteiger partial charge in [-0.05, 0) is 39.8 Å². The molecule has 0 unspecified atom stereocenters. The summed E-state index contributed by atoms with van der Waals surface area (Å²) in [4.78, 5) is 16.8. The second-order valence-corrected chi connectivity index (χ2v) is 6.52. The van der Waals surface area contributed by atoms with Crippen LogP contribution < -0.4 is 0 Å². The molecule has 3 aromatic rings. The lowest BCUT2D eigenvalue weighted by Gasteiger charge is -2.06. The number of aromatic nitrogens is 4. The molecule has 0 spiro atoms. The molecule has 2 aromatic heterocycles. The Morgan fingerprint density at radius 1 is 1.15 bits per heavy atom. The van der Waals surface area contributed by atoms with Gasteiger partial charge in [0.05, 0.1) is 11.0 Å². The van der Waals surface area contributed by atoms with E-state index in [-0.39, 0.29) is 0 Å². The normalized spacial score (nSPS) is 11.4. The SMILES string of the molecule is CC(C)c1nc(Br)cc(Sc2nc3ccccc3[nH]2)n1. The van der Waals surface area contributed by atoms with Crippen LogP contribution in [0, 0.1) is 0 Å². The maximum Gasteiger partial charge on any atom is 0.172 e. The lowest BCUT2D eigenvalue weighted by atomic mass is 10.2. The zero-order chi connectivity index (χ0) is 14.1. The quantitative estimate of drug-likeness (QED) is 0.713. The van der Waals surface area contributed by atoms with Crippen molar-refractivity contribution in [1.29, 1.82) is 0 Å². The van der Waals surface area contributed by atoms with Gasteiger partial charge < -0.3 is 4.98 Å². The van der Waals surface area contributed by atoms with Gasteiger partial charge in [0.2, 0.25) is 0 Å². The second kappa shape index (κ2) is 5.54. The van der Waals surface area contributed by atoms with E-state index in [9.17, 15) is 0 Å². The van der Waals surface area contributed by atoms with Crippen LogP contribution in [0.3, 0.4) is 0 Å². The van der Waals surface area contributed by atoms with Crippen LogP contribution in [0.1, 0.15) is 25.6 Å². The first kappa shape index (κ1) is 13.6. The number of fused-ring (bicyclic) bond motifs is 1. The molecule has 0 saturated carbocycles. The first-order valence-electron chi connectivity index (χ1n) is 6.29. The molecular weight excluding hydrogens is 336 g/mol. The number of hydrogen-bond acceptors (Lipinski definition) is 4. The summed E-state index contributed by atoms with van der Waals surface area (Å²) >= 11 is 4.95. The van der Waals surface area contributed by atoms with Crippen LogP contribution in [0.2, 0.25) is 0 Å². The van der Waals surface area contributed by atoms with Crippen molar-refractivity contribution in [2.75, 3.05) is 0 Å². The number of nitrogens with zero attached hydrogens (tertiary/aromatic N) is 3. The number of halogens is 1. The van der Waals surface area contributed by atoms with E-state index in [0.29, 0.717) is 5.92 Å². The van der Waals surface area contributed by atoms with Crippen molar-refractivity contribution in [2.45, 2.75) is 29.9 Å². The van der Waals surface area contributed by atoms with Crippen LogP contribution in [-0.4, -0.2) is 19.9 Å². The number of rotatable bonds is 3. The zero-order valence-corrected chi connectivity index (χ0v) is 13.5. The average Bonchev–Trinajstić information content (AvgIpc) is 2.79. The maximum absolute atomic E-state index is 4.56. The lowest BCUT2D eigenvalue weighted by Crippen LogP contribution is -1.98. The van der Waals surface area contributed by atoms with Gasteiger partial charge in [-0.3, -0.25) is 0 Å². The van der Waals surface area contributed by atoms with Crippen molar-refractivity contribution in [2.24, 2.45) is 0 Å². The van der Waals surface area contributed by atoms with Crippen LogP contribution in [0.5, 0.6) is 0 Å². The third kappa shape index (κ3) is 2.86. The molecular formula is C14H13BrN4S. The van der Waals surface area contributed by atoms with Crippen molar-refractivity contribution < 1.29 is 0 Å². The molecule has 0 bridgehead atoms. The molecule has 1 aromatic carbocycles. The molecule has 0 amide bonds. The largest absolute Gasteiger partial charge is 0.333 e. The van der Waals surface area contributed by atoms with E-state index in [1.165, 1.54) is 11.8 Å². The molecule has 0 aliphatic heterocycles. The van der Waals surface area contributed by atoms with Gasteiger partial charge in [-0.25, -0.2) is 15.0 Å². The minimum atomic E-state index is 0.294. The highest BCUT2D eigenvalue weighted by molar-refractivity contribution is 9.10. The molecule has 6 heteroatoms. The predicted molar refractivity (Wildman–Crippen MR) is 84.0 cm³/mol. The predicted octanol–water partition coefficient (Wildman–Crippen LogP) is 4.39. The van der Waals surface area contributed by atoms with Crippen LogP contribution in [0.25, 0.3) is 11.0 Å². The third-order valence-corrected chi connectivity index (χ3v) is 3.99. The summed E-state index contributed by atoms with van der Waals surface area (Å²) in [5, 5.41) is 1.72. The Morgan fingerprint density at radius 3 is 2.70 bits per heavy atom. The van der Waals surface area contributed by atoms with E-state index in [1.54, 1.807) is 0 Å². The Morgan fingerprint density at radius 2 is 1.95 bits per heavy atom. The van der Waals surface area contributed by atoms with E-state index in [1.807, 2.05) is 30.3 Å². The van der Waals surface area contributed by atoms with Crippen LogP contribution in [0.4, 0.5) is 0 Å². The van der Waals surface area contributed by atoms with Crippen LogP contribution >= 0.6 is 27.7 Å². The number of benzene rings is 1. The molecule has 0 saturated heterocycles. The Bertz CT molecular complexity index is 721. The van der Waals surface area contributed by atoms with Crippen LogP contribution in [0.15, 0.2) is 45.1 Å². The summed E-state index contributed by atoms with van der Waals surface area (Å²) in [6.07, 6.45) is 0. The standard InChI is InChI=1S/C14H13BrN4S/c1-8(2)13-18-11(15)7-12(19-13)20-14-16-9-5-3-4-6-10(9)17-14/h3-8H,1-2H3,(H,16,17). The first-order chi connectivity index (χ1) is 9.61. The smallest absolute Gasteiger partial charge is 0.172 e. The number of H-pyrrole nitrogens is 1. The van der Waals surface area contributed by atoms with Gasteiger partial charge in [0.25, 0.3) is 0 Å². The highest BCUT2D eigenvalue weighted by atomic mass is 79.9. The number of para-hydroxylation sites is 2. The summed E-state index contributed by atoms with van der Waals surface area (Å²) in [7, 11) is 0. The average molecular weight is 349 g/mol. The summed E-state index contributed by atoms with van der Waals surface area (Å²) < 4.78 is 0.801. The molecule has 0 fully saturated rings. The number of nitrogens with one attached hydrogen (secondary N) is 1. The summed E-state index contributed by atoms with van der Waals surface area (Å²) in [6, 6.07) is 9.89. The summed E-state index contributed by atoms with van der Waals surface area (Å²) in [5.41, 5.74) is 2.00. The summed E-state index contributed by atoms with van der Waals surface area (Å²) in [6.45, 7) is 4.16. The van der Waals surface area contributed by atoms with Gasteiger partial charge in [0.15, 0.2) is 5.16 Å². The second-order valence-electron chi connectivity index (χ2n) is 4.70. The van der Waals surface area contributed by atoms with E-state index in [0.717, 1.165) is 31.6 Å². The van der Waals surface area contributed by atoms with Gasteiger partial charge in [-0.1, -0.05) is 26.0 Å². The van der Waals surface area contributed by atoms with E-state index < -0.39 is 0 Å². The fourth-order valence-electron chi connectivity index (χ4n) is 1.80. The van der Waals surface area contributed by atoms with Crippen LogP contribution in [-0.2, 0) is 0 Å². The van der Waals surface area contributed by atoms with Crippen molar-refractivity contribution >= 4 is 38.7 Å². The fourth-order valence-corrected chi connectivity index (χ4v) is 3.16. The Hall–Kier alpha value is -1.40. The first-order valence-corrected chi connectivity index (χ1v) is 7.90. The number of imidazole rings is 1. The molecule has 0 aliphatic rings. The molecule has 0 atom stereocenters. The molecule has 0 radical (unpaired) electrons. The zero-order valence-electron chi connectivity index (χ0n) is 11.1. The highest BCUT2D eigenvalue weighted by Gasteiger charge is 2.10. The van der Waals surface area contributed by atoms with Crippen molar-refractivity contribution in [1.82, 2.24) is 19.9 Å². The lowest BCUT2D eigenvalue weighted by molar-refractivity contribution is 0.747. The topological polar surface area (TPSA) is 54.5 Å². The Balaban J connectivity index is 1.94. The number of hydrogen-bond donors (Lipinski definition) is 1. The Kier molecular flexibility index (Phi) is 3.76. The van der Waals surface area contributed by atoms with Gasteiger partial charge in [-0.2, -0.15) is 0 Å². The monoisotopic (exact) mass is 348 g/mol. The molecule has 102 valence electrons. The van der Waals surface area contributed by atoms with Gasteiger partial charge in [0, 0.05) is 12.0 Å². The van der Waals surface area contributed by atoms with E-state index in [4.69, 9.17) is 0 Å². The maximum atomic E-state index is 4.56. The molecule has 2 heterocycles. The molecule has 0 aliphatic carbocycles.